The fourth-order valence-electron chi connectivity index (χ4n) is 2.46. The van der Waals surface area contributed by atoms with Crippen molar-refractivity contribution in [2.24, 2.45) is 11.7 Å². The molecule has 1 saturated heterocycles. The Labute approximate surface area is 139 Å². The molecule has 9 heteroatoms. The summed E-state index contributed by atoms with van der Waals surface area (Å²) in [6.45, 7) is 0.401. The molecule has 0 saturated carbocycles. The Balaban J connectivity index is 2.27. The minimum atomic E-state index is -3.78. The van der Waals surface area contributed by atoms with Crippen LogP contribution < -0.4 is 5.73 Å². The number of nitrogens with two attached hydrogens (primary N) is 1. The zero-order valence-electron chi connectivity index (χ0n) is 12.5. The second kappa shape index (κ2) is 6.86. The van der Waals surface area contributed by atoms with Crippen LogP contribution in [0.3, 0.4) is 0 Å². The summed E-state index contributed by atoms with van der Waals surface area (Å²) in [6, 6.07) is 3.88. The third kappa shape index (κ3) is 3.65. The van der Waals surface area contributed by atoms with E-state index in [2.05, 4.69) is 4.74 Å². The second-order valence-electron chi connectivity index (χ2n) is 5.21. The van der Waals surface area contributed by atoms with Gasteiger partial charge in [-0.2, -0.15) is 4.31 Å². The topological polar surface area (TPSA) is 107 Å². The first-order valence-electron chi connectivity index (χ1n) is 6.94. The lowest BCUT2D eigenvalue weighted by molar-refractivity contribution is -0.122. The number of nitrogens with zero attached hydrogens (tertiary/aromatic N) is 1. The number of piperidine rings is 1. The zero-order chi connectivity index (χ0) is 17.2. The standard InChI is InChI=1S/C14H17ClN2O5S/c1-22-14(19)11-8-10(2-3-12(11)15)23(20,21)17-6-4-9(5-7-17)13(16)18/h2-3,8-9H,4-7H2,1H3,(H2,16,18). The number of carbonyl (C=O) groups excluding carboxylic acids is 2. The fourth-order valence-corrected chi connectivity index (χ4v) is 4.15. The molecule has 1 aliphatic heterocycles. The molecule has 2 rings (SSSR count). The Hall–Kier alpha value is -1.64. The number of rotatable bonds is 4. The van der Waals surface area contributed by atoms with Crippen molar-refractivity contribution in [2.45, 2.75) is 17.7 Å². The summed E-state index contributed by atoms with van der Waals surface area (Å²) in [5.74, 6) is -1.43. The van der Waals surface area contributed by atoms with Gasteiger partial charge in [0.25, 0.3) is 0 Å². The molecule has 23 heavy (non-hydrogen) atoms. The third-order valence-corrected chi connectivity index (χ3v) is 6.06. The number of carbonyl (C=O) groups is 2. The second-order valence-corrected chi connectivity index (χ2v) is 7.56. The van der Waals surface area contributed by atoms with Crippen molar-refractivity contribution in [1.29, 1.82) is 0 Å². The van der Waals surface area contributed by atoms with E-state index >= 15 is 0 Å². The van der Waals surface area contributed by atoms with Crippen LogP contribution in [0.25, 0.3) is 0 Å². The van der Waals surface area contributed by atoms with E-state index in [0.29, 0.717) is 12.8 Å². The number of halogens is 1. The third-order valence-electron chi connectivity index (χ3n) is 3.84. The molecule has 0 atom stereocenters. The van der Waals surface area contributed by atoms with Crippen LogP contribution in [0, 0.1) is 5.92 Å². The molecule has 1 fully saturated rings. The van der Waals surface area contributed by atoms with Crippen LogP contribution in [-0.2, 0) is 19.6 Å². The fraction of sp³-hybridized carbons (Fsp3) is 0.429. The molecule has 0 unspecified atom stereocenters. The number of hydrogen-bond donors (Lipinski definition) is 1. The van der Waals surface area contributed by atoms with E-state index < -0.39 is 21.9 Å². The molecule has 1 amide bonds. The highest BCUT2D eigenvalue weighted by molar-refractivity contribution is 7.89. The smallest absolute Gasteiger partial charge is 0.339 e. The van der Waals surface area contributed by atoms with E-state index in [1.807, 2.05) is 0 Å². The van der Waals surface area contributed by atoms with E-state index in [9.17, 15) is 18.0 Å². The van der Waals surface area contributed by atoms with E-state index in [-0.39, 0.29) is 34.5 Å². The molecule has 2 N–H and O–H groups in total. The van der Waals surface area contributed by atoms with Gasteiger partial charge in [-0.1, -0.05) is 11.6 Å². The number of hydrogen-bond acceptors (Lipinski definition) is 5. The lowest BCUT2D eigenvalue weighted by Crippen LogP contribution is -2.41. The number of benzene rings is 1. The number of esters is 1. The van der Waals surface area contributed by atoms with Crippen LogP contribution in [0.2, 0.25) is 5.02 Å². The minimum absolute atomic E-state index is 0.0118. The van der Waals surface area contributed by atoms with Crippen LogP contribution in [0.15, 0.2) is 23.1 Å². The molecule has 0 aliphatic carbocycles. The predicted octanol–water partition coefficient (Wildman–Crippen LogP) is 1.01. The molecule has 0 bridgehead atoms. The monoisotopic (exact) mass is 360 g/mol. The molecule has 1 aromatic rings. The molecule has 0 radical (unpaired) electrons. The van der Waals surface area contributed by atoms with Gasteiger partial charge >= 0.3 is 5.97 Å². The van der Waals surface area contributed by atoms with Gasteiger partial charge in [0.2, 0.25) is 15.9 Å². The van der Waals surface area contributed by atoms with E-state index in [1.165, 1.54) is 29.6 Å². The SMILES string of the molecule is COC(=O)c1cc(S(=O)(=O)N2CCC(C(N)=O)CC2)ccc1Cl. The highest BCUT2D eigenvalue weighted by atomic mass is 35.5. The zero-order valence-corrected chi connectivity index (χ0v) is 14.1. The van der Waals surface area contributed by atoms with Gasteiger partial charge in [-0.3, -0.25) is 4.79 Å². The van der Waals surface area contributed by atoms with Gasteiger partial charge in [-0.25, -0.2) is 13.2 Å². The Morgan fingerprint density at radius 3 is 2.43 bits per heavy atom. The quantitative estimate of drug-likeness (QED) is 0.806. The number of ether oxygens (including phenoxy) is 1. The van der Waals surface area contributed by atoms with Gasteiger partial charge in [-0.15, -0.1) is 0 Å². The molecule has 0 spiro atoms. The summed E-state index contributed by atoms with van der Waals surface area (Å²) in [5, 5.41) is 0.114. The lowest BCUT2D eigenvalue weighted by atomic mass is 9.98. The van der Waals surface area contributed by atoms with Gasteiger partial charge < -0.3 is 10.5 Å². The molecular formula is C14H17ClN2O5S. The maximum atomic E-state index is 12.7. The largest absolute Gasteiger partial charge is 0.465 e. The average Bonchev–Trinajstić information content (AvgIpc) is 2.54. The van der Waals surface area contributed by atoms with Gasteiger partial charge in [-0.05, 0) is 31.0 Å². The molecular weight excluding hydrogens is 344 g/mol. The first-order chi connectivity index (χ1) is 10.8. The van der Waals surface area contributed by atoms with Gasteiger partial charge in [0.15, 0.2) is 0 Å². The van der Waals surface area contributed by atoms with Crippen molar-refractivity contribution in [2.75, 3.05) is 20.2 Å². The first-order valence-corrected chi connectivity index (χ1v) is 8.76. The van der Waals surface area contributed by atoms with Gasteiger partial charge in [0, 0.05) is 19.0 Å². The van der Waals surface area contributed by atoms with Crippen LogP contribution in [0.4, 0.5) is 0 Å². The van der Waals surface area contributed by atoms with Gasteiger partial charge in [0.05, 0.1) is 22.6 Å². The maximum Gasteiger partial charge on any atom is 0.339 e. The van der Waals surface area contributed by atoms with Crippen LogP contribution in [0.1, 0.15) is 23.2 Å². The molecule has 7 nitrogen and oxygen atoms in total. The van der Waals surface area contributed by atoms with Crippen molar-refractivity contribution in [3.8, 4) is 0 Å². The summed E-state index contributed by atoms with van der Waals surface area (Å²) < 4.78 is 31.2. The number of sulfonamides is 1. The Morgan fingerprint density at radius 2 is 1.91 bits per heavy atom. The Kier molecular flexibility index (Phi) is 5.28. The van der Waals surface area contributed by atoms with Crippen molar-refractivity contribution >= 4 is 33.5 Å². The highest BCUT2D eigenvalue weighted by Gasteiger charge is 2.32. The van der Waals surface area contributed by atoms with Crippen LogP contribution in [-0.4, -0.2) is 44.8 Å². The van der Waals surface area contributed by atoms with Crippen molar-refractivity contribution in [3.05, 3.63) is 28.8 Å². The van der Waals surface area contributed by atoms with E-state index in [0.717, 1.165) is 0 Å². The van der Waals surface area contributed by atoms with Crippen molar-refractivity contribution < 1.29 is 22.7 Å². The van der Waals surface area contributed by atoms with Crippen LogP contribution in [0.5, 0.6) is 0 Å². The summed E-state index contributed by atoms with van der Waals surface area (Å²) in [6.07, 6.45) is 0.762. The molecule has 126 valence electrons. The Bertz CT molecular complexity index is 727. The maximum absolute atomic E-state index is 12.7. The molecule has 1 heterocycles. The van der Waals surface area contributed by atoms with Gasteiger partial charge in [0.1, 0.15) is 0 Å². The number of amides is 1. The Morgan fingerprint density at radius 1 is 1.30 bits per heavy atom. The minimum Gasteiger partial charge on any atom is -0.465 e. The van der Waals surface area contributed by atoms with Crippen molar-refractivity contribution in [3.63, 3.8) is 0 Å². The number of methoxy groups -OCH3 is 1. The summed E-state index contributed by atoms with van der Waals surface area (Å²) in [7, 11) is -2.59. The highest BCUT2D eigenvalue weighted by Crippen LogP contribution is 2.26. The molecule has 0 aromatic heterocycles. The normalized spacial score (nSPS) is 17.0. The van der Waals surface area contributed by atoms with Crippen LogP contribution >= 0.6 is 11.6 Å². The van der Waals surface area contributed by atoms with E-state index in [4.69, 9.17) is 17.3 Å². The average molecular weight is 361 g/mol. The predicted molar refractivity (Wildman–Crippen MR) is 83.5 cm³/mol. The first kappa shape index (κ1) is 17.7. The summed E-state index contributed by atoms with van der Waals surface area (Å²) in [5.41, 5.74) is 5.23. The summed E-state index contributed by atoms with van der Waals surface area (Å²) >= 11 is 5.90. The number of primary amides is 1. The molecule has 1 aromatic carbocycles. The summed E-state index contributed by atoms with van der Waals surface area (Å²) in [4.78, 5) is 22.8. The van der Waals surface area contributed by atoms with Crippen molar-refractivity contribution in [1.82, 2.24) is 4.31 Å². The van der Waals surface area contributed by atoms with E-state index in [1.54, 1.807) is 0 Å². The lowest BCUT2D eigenvalue weighted by Gasteiger charge is -2.29. The molecule has 1 aliphatic rings.